The van der Waals surface area contributed by atoms with Gasteiger partial charge in [-0.15, -0.1) is 0 Å². The molecule has 0 amide bonds. The fourth-order valence-corrected chi connectivity index (χ4v) is 2.81. The summed E-state index contributed by atoms with van der Waals surface area (Å²) in [5.74, 6) is 1.64. The average molecular weight is 265 g/mol. The standard InChI is InChI=1S/C17H19N3/c1-12-5-7-20(8-6-12)17-15(11-18)10-14-4-3-13(2)9-16(14)19-17/h3-4,9-10,12H,5-8H2,1-2H3. The van der Waals surface area contributed by atoms with E-state index in [0.717, 1.165) is 35.7 Å². The first-order chi connectivity index (χ1) is 9.67. The van der Waals surface area contributed by atoms with Gasteiger partial charge in [-0.3, -0.25) is 0 Å². The van der Waals surface area contributed by atoms with E-state index in [1.807, 2.05) is 12.1 Å². The number of hydrogen-bond acceptors (Lipinski definition) is 3. The summed E-state index contributed by atoms with van der Waals surface area (Å²) in [7, 11) is 0. The Hall–Kier alpha value is -2.08. The summed E-state index contributed by atoms with van der Waals surface area (Å²) in [4.78, 5) is 7.02. The number of rotatable bonds is 1. The Labute approximate surface area is 119 Å². The smallest absolute Gasteiger partial charge is 0.147 e. The van der Waals surface area contributed by atoms with E-state index in [-0.39, 0.29) is 0 Å². The van der Waals surface area contributed by atoms with Crippen molar-refractivity contribution >= 4 is 16.7 Å². The summed E-state index contributed by atoms with van der Waals surface area (Å²) in [5, 5.41) is 10.4. The van der Waals surface area contributed by atoms with E-state index in [2.05, 4.69) is 36.9 Å². The van der Waals surface area contributed by atoms with Crippen molar-refractivity contribution in [2.24, 2.45) is 5.92 Å². The van der Waals surface area contributed by atoms with Crippen LogP contribution in [0, 0.1) is 24.2 Å². The van der Waals surface area contributed by atoms with Crippen molar-refractivity contribution in [2.45, 2.75) is 26.7 Å². The molecule has 102 valence electrons. The molecule has 0 atom stereocenters. The number of nitrogens with zero attached hydrogens (tertiary/aromatic N) is 3. The molecule has 1 aromatic carbocycles. The monoisotopic (exact) mass is 265 g/mol. The number of pyridine rings is 1. The lowest BCUT2D eigenvalue weighted by molar-refractivity contribution is 0.436. The number of fused-ring (bicyclic) bond motifs is 1. The predicted octanol–water partition coefficient (Wildman–Crippen LogP) is 3.65. The zero-order chi connectivity index (χ0) is 14.1. The number of aryl methyl sites for hydroxylation is 1. The minimum atomic E-state index is 0.691. The van der Waals surface area contributed by atoms with E-state index in [9.17, 15) is 5.26 Å². The molecule has 1 fully saturated rings. The lowest BCUT2D eigenvalue weighted by atomic mass is 9.99. The van der Waals surface area contributed by atoms with Crippen molar-refractivity contribution < 1.29 is 0 Å². The molecule has 0 N–H and O–H groups in total. The Morgan fingerprint density at radius 1 is 1.25 bits per heavy atom. The van der Waals surface area contributed by atoms with Gasteiger partial charge in [0.2, 0.25) is 0 Å². The molecule has 0 aliphatic carbocycles. The summed E-state index contributed by atoms with van der Waals surface area (Å²) in [6.07, 6.45) is 2.36. The molecule has 1 aliphatic rings. The molecule has 20 heavy (non-hydrogen) atoms. The van der Waals surface area contributed by atoms with Gasteiger partial charge < -0.3 is 4.90 Å². The molecule has 0 spiro atoms. The van der Waals surface area contributed by atoms with E-state index in [4.69, 9.17) is 4.98 Å². The van der Waals surface area contributed by atoms with Crippen LogP contribution < -0.4 is 4.90 Å². The molecule has 0 bridgehead atoms. The SMILES string of the molecule is Cc1ccc2cc(C#N)c(N3CCC(C)CC3)nc2c1. The van der Waals surface area contributed by atoms with E-state index >= 15 is 0 Å². The number of piperidine rings is 1. The van der Waals surface area contributed by atoms with Crippen LogP contribution in [0.15, 0.2) is 24.3 Å². The van der Waals surface area contributed by atoms with Crippen molar-refractivity contribution in [3.05, 3.63) is 35.4 Å². The minimum absolute atomic E-state index is 0.691. The number of benzene rings is 1. The fourth-order valence-electron chi connectivity index (χ4n) is 2.81. The zero-order valence-corrected chi connectivity index (χ0v) is 12.1. The normalized spacial score (nSPS) is 16.4. The van der Waals surface area contributed by atoms with Gasteiger partial charge in [-0.25, -0.2) is 4.98 Å². The summed E-state index contributed by atoms with van der Waals surface area (Å²) in [6.45, 7) is 6.36. The summed E-state index contributed by atoms with van der Waals surface area (Å²) in [5.41, 5.74) is 2.88. The Kier molecular flexibility index (Phi) is 3.31. The Morgan fingerprint density at radius 3 is 2.70 bits per heavy atom. The molecule has 0 radical (unpaired) electrons. The van der Waals surface area contributed by atoms with Gasteiger partial charge in [-0.05, 0) is 43.4 Å². The molecule has 0 saturated carbocycles. The summed E-state index contributed by atoms with van der Waals surface area (Å²) < 4.78 is 0. The number of hydrogen-bond donors (Lipinski definition) is 0. The first-order valence-electron chi connectivity index (χ1n) is 7.24. The van der Waals surface area contributed by atoms with Crippen LogP contribution in [0.2, 0.25) is 0 Å². The molecule has 2 aromatic rings. The molecule has 1 aliphatic heterocycles. The lowest BCUT2D eigenvalue weighted by Crippen LogP contribution is -2.34. The lowest BCUT2D eigenvalue weighted by Gasteiger charge is -2.31. The molecule has 3 rings (SSSR count). The Bertz CT molecular complexity index is 676. The third kappa shape index (κ3) is 2.34. The topological polar surface area (TPSA) is 39.9 Å². The molecular weight excluding hydrogens is 246 g/mol. The third-order valence-corrected chi connectivity index (χ3v) is 4.16. The van der Waals surface area contributed by atoms with Gasteiger partial charge in [-0.1, -0.05) is 19.1 Å². The molecule has 3 nitrogen and oxygen atoms in total. The quantitative estimate of drug-likeness (QED) is 0.790. The van der Waals surface area contributed by atoms with Crippen molar-refractivity contribution in [2.75, 3.05) is 18.0 Å². The van der Waals surface area contributed by atoms with Gasteiger partial charge in [0.15, 0.2) is 0 Å². The highest BCUT2D eigenvalue weighted by Crippen LogP contribution is 2.27. The van der Waals surface area contributed by atoms with Crippen LogP contribution in [0.1, 0.15) is 30.9 Å². The Morgan fingerprint density at radius 2 is 2.00 bits per heavy atom. The van der Waals surface area contributed by atoms with Crippen LogP contribution in [-0.2, 0) is 0 Å². The second-order valence-corrected chi connectivity index (χ2v) is 5.84. The maximum Gasteiger partial charge on any atom is 0.147 e. The maximum atomic E-state index is 9.40. The molecule has 2 heterocycles. The van der Waals surface area contributed by atoms with Crippen molar-refractivity contribution in [1.29, 1.82) is 5.26 Å². The molecule has 3 heteroatoms. The van der Waals surface area contributed by atoms with Crippen LogP contribution in [0.4, 0.5) is 5.82 Å². The minimum Gasteiger partial charge on any atom is -0.355 e. The second-order valence-electron chi connectivity index (χ2n) is 5.84. The van der Waals surface area contributed by atoms with Gasteiger partial charge in [0.1, 0.15) is 11.9 Å². The molecular formula is C17H19N3. The number of aromatic nitrogens is 1. The van der Waals surface area contributed by atoms with E-state index in [1.165, 1.54) is 18.4 Å². The van der Waals surface area contributed by atoms with E-state index < -0.39 is 0 Å². The van der Waals surface area contributed by atoms with Gasteiger partial charge in [0.25, 0.3) is 0 Å². The van der Waals surface area contributed by atoms with E-state index in [0.29, 0.717) is 5.56 Å². The van der Waals surface area contributed by atoms with Crippen molar-refractivity contribution in [3.63, 3.8) is 0 Å². The largest absolute Gasteiger partial charge is 0.355 e. The highest BCUT2D eigenvalue weighted by Gasteiger charge is 2.20. The van der Waals surface area contributed by atoms with Gasteiger partial charge in [0.05, 0.1) is 11.1 Å². The van der Waals surface area contributed by atoms with Gasteiger partial charge in [0, 0.05) is 18.5 Å². The first kappa shape index (κ1) is 12.9. The number of anilines is 1. The highest BCUT2D eigenvalue weighted by atomic mass is 15.2. The van der Waals surface area contributed by atoms with Gasteiger partial charge >= 0.3 is 0 Å². The summed E-state index contributed by atoms with van der Waals surface area (Å²) >= 11 is 0. The van der Waals surface area contributed by atoms with Crippen LogP contribution in [-0.4, -0.2) is 18.1 Å². The second kappa shape index (κ2) is 5.13. The summed E-state index contributed by atoms with van der Waals surface area (Å²) in [6, 6.07) is 10.5. The highest BCUT2D eigenvalue weighted by molar-refractivity contribution is 5.83. The van der Waals surface area contributed by atoms with Crippen LogP contribution in [0.25, 0.3) is 10.9 Å². The van der Waals surface area contributed by atoms with Crippen LogP contribution >= 0.6 is 0 Å². The zero-order valence-electron chi connectivity index (χ0n) is 12.1. The van der Waals surface area contributed by atoms with E-state index in [1.54, 1.807) is 0 Å². The third-order valence-electron chi connectivity index (χ3n) is 4.16. The fraction of sp³-hybridized carbons (Fsp3) is 0.412. The van der Waals surface area contributed by atoms with Crippen molar-refractivity contribution in [1.82, 2.24) is 4.98 Å². The predicted molar refractivity (Wildman–Crippen MR) is 81.8 cm³/mol. The maximum absolute atomic E-state index is 9.40. The average Bonchev–Trinajstić information content (AvgIpc) is 2.46. The van der Waals surface area contributed by atoms with Gasteiger partial charge in [-0.2, -0.15) is 5.26 Å². The molecule has 1 saturated heterocycles. The van der Waals surface area contributed by atoms with Crippen molar-refractivity contribution in [3.8, 4) is 6.07 Å². The molecule has 0 unspecified atom stereocenters. The van der Waals surface area contributed by atoms with Crippen LogP contribution in [0.3, 0.4) is 0 Å². The Balaban J connectivity index is 2.06. The number of nitriles is 1. The van der Waals surface area contributed by atoms with Crippen LogP contribution in [0.5, 0.6) is 0 Å². The first-order valence-corrected chi connectivity index (χ1v) is 7.24. The molecule has 1 aromatic heterocycles.